The van der Waals surface area contributed by atoms with E-state index >= 15 is 0 Å². The lowest BCUT2D eigenvalue weighted by Crippen LogP contribution is -2.28. The molecular formula is C25H16BrFN2O3S2. The molecule has 1 amide bonds. The molecule has 34 heavy (non-hydrogen) atoms. The van der Waals surface area contributed by atoms with E-state index in [9.17, 15) is 9.18 Å². The molecule has 1 heterocycles. The van der Waals surface area contributed by atoms with Crippen molar-refractivity contribution in [2.45, 2.75) is 6.61 Å². The summed E-state index contributed by atoms with van der Waals surface area (Å²) < 4.78 is 26.6. The van der Waals surface area contributed by atoms with E-state index in [-0.39, 0.29) is 16.6 Å². The molecule has 9 heteroatoms. The first-order chi connectivity index (χ1) is 16.4. The van der Waals surface area contributed by atoms with Crippen LogP contribution in [0.4, 0.5) is 10.1 Å². The quantitative estimate of drug-likeness (QED) is 0.257. The van der Waals surface area contributed by atoms with E-state index in [1.54, 1.807) is 42.5 Å². The third-order valence-electron chi connectivity index (χ3n) is 4.90. The molecule has 0 radical (unpaired) electrons. The van der Waals surface area contributed by atoms with E-state index in [2.05, 4.69) is 22.0 Å². The highest BCUT2D eigenvalue weighted by molar-refractivity contribution is 9.10. The average molecular weight is 555 g/mol. The predicted molar refractivity (Wildman–Crippen MR) is 138 cm³/mol. The summed E-state index contributed by atoms with van der Waals surface area (Å²) in [7, 11) is 1.53. The normalized spacial score (nSPS) is 14.4. The second-order valence-corrected chi connectivity index (χ2v) is 9.63. The Morgan fingerprint density at radius 2 is 1.94 bits per heavy atom. The Kier molecular flexibility index (Phi) is 7.32. The number of thioether (sulfide) groups is 1. The summed E-state index contributed by atoms with van der Waals surface area (Å²) in [6.45, 7) is 0.279. The van der Waals surface area contributed by atoms with Gasteiger partial charge in [-0.2, -0.15) is 5.26 Å². The fourth-order valence-corrected chi connectivity index (χ4v) is 5.11. The van der Waals surface area contributed by atoms with E-state index in [0.29, 0.717) is 32.0 Å². The van der Waals surface area contributed by atoms with Crippen LogP contribution in [0, 0.1) is 17.1 Å². The van der Waals surface area contributed by atoms with Crippen molar-refractivity contribution in [3.8, 4) is 17.6 Å². The summed E-state index contributed by atoms with van der Waals surface area (Å²) in [5.74, 6) is 0.0614. The highest BCUT2D eigenvalue weighted by Crippen LogP contribution is 2.40. The summed E-state index contributed by atoms with van der Waals surface area (Å²) in [4.78, 5) is 14.5. The molecule has 4 rings (SSSR count). The molecule has 3 aromatic carbocycles. The van der Waals surface area contributed by atoms with Crippen LogP contribution < -0.4 is 14.4 Å². The standard InChI is InChI=1S/C25H16BrFN2O3S2/c1-31-21-11-17(10-18(26)23(21)32-14-16-8-6-15(13-28)7-9-16)12-22-24(30)29(25(33)34-22)20-5-3-2-4-19(20)27/h2-12H,14H2,1H3/b22-12-. The average Bonchev–Trinajstić information content (AvgIpc) is 3.11. The van der Waals surface area contributed by atoms with Crippen LogP contribution in [0.1, 0.15) is 16.7 Å². The summed E-state index contributed by atoms with van der Waals surface area (Å²) >= 11 is 9.95. The van der Waals surface area contributed by atoms with Crippen LogP contribution in [0.15, 0.2) is 70.0 Å². The van der Waals surface area contributed by atoms with Crippen LogP contribution >= 0.6 is 39.9 Å². The zero-order valence-corrected chi connectivity index (χ0v) is 21.0. The molecule has 0 atom stereocenters. The lowest BCUT2D eigenvalue weighted by atomic mass is 10.1. The summed E-state index contributed by atoms with van der Waals surface area (Å²) in [6, 6.07) is 18.7. The van der Waals surface area contributed by atoms with Gasteiger partial charge in [0.25, 0.3) is 5.91 Å². The Balaban J connectivity index is 1.57. The molecule has 0 saturated carbocycles. The van der Waals surface area contributed by atoms with Gasteiger partial charge in [-0.05, 0) is 69.5 Å². The van der Waals surface area contributed by atoms with E-state index in [4.69, 9.17) is 27.0 Å². The number of carbonyl (C=O) groups is 1. The number of anilines is 1. The number of amides is 1. The number of carbonyl (C=O) groups excluding carboxylic acids is 1. The molecule has 1 aliphatic rings. The largest absolute Gasteiger partial charge is 0.493 e. The molecule has 5 nitrogen and oxygen atoms in total. The van der Waals surface area contributed by atoms with Gasteiger partial charge in [-0.25, -0.2) is 4.39 Å². The zero-order chi connectivity index (χ0) is 24.2. The van der Waals surface area contributed by atoms with Gasteiger partial charge in [0.1, 0.15) is 12.4 Å². The summed E-state index contributed by atoms with van der Waals surface area (Å²) in [6.07, 6.45) is 1.68. The van der Waals surface area contributed by atoms with Gasteiger partial charge < -0.3 is 9.47 Å². The van der Waals surface area contributed by atoms with E-state index in [0.717, 1.165) is 17.3 Å². The van der Waals surface area contributed by atoms with Gasteiger partial charge in [0.15, 0.2) is 15.8 Å². The molecule has 1 fully saturated rings. The minimum atomic E-state index is -0.520. The molecular weight excluding hydrogens is 539 g/mol. The number of nitriles is 1. The van der Waals surface area contributed by atoms with Crippen LogP contribution in [0.2, 0.25) is 0 Å². The fourth-order valence-electron chi connectivity index (χ4n) is 3.25. The van der Waals surface area contributed by atoms with Gasteiger partial charge in [-0.1, -0.05) is 48.2 Å². The van der Waals surface area contributed by atoms with Crippen LogP contribution in [0.5, 0.6) is 11.5 Å². The molecule has 0 bridgehead atoms. The molecule has 1 saturated heterocycles. The first-order valence-corrected chi connectivity index (χ1v) is 11.9. The lowest BCUT2D eigenvalue weighted by Gasteiger charge is -2.15. The molecule has 0 aliphatic carbocycles. The number of ether oxygens (including phenoxy) is 2. The maximum Gasteiger partial charge on any atom is 0.270 e. The minimum absolute atomic E-state index is 0.124. The fraction of sp³-hybridized carbons (Fsp3) is 0.0800. The van der Waals surface area contributed by atoms with Crippen molar-refractivity contribution in [1.29, 1.82) is 5.26 Å². The van der Waals surface area contributed by atoms with Crippen molar-refractivity contribution in [3.05, 3.63) is 92.5 Å². The van der Waals surface area contributed by atoms with Gasteiger partial charge in [0.05, 0.1) is 33.8 Å². The maximum absolute atomic E-state index is 14.2. The topological polar surface area (TPSA) is 62.6 Å². The van der Waals surface area contributed by atoms with Crippen LogP contribution in [0.25, 0.3) is 6.08 Å². The molecule has 0 aromatic heterocycles. The molecule has 170 valence electrons. The second-order valence-electron chi connectivity index (χ2n) is 7.10. The second kappa shape index (κ2) is 10.4. The van der Waals surface area contributed by atoms with Crippen molar-refractivity contribution in [2.75, 3.05) is 12.0 Å². The number of methoxy groups -OCH3 is 1. The zero-order valence-electron chi connectivity index (χ0n) is 17.7. The number of benzene rings is 3. The van der Waals surface area contributed by atoms with Gasteiger partial charge in [0.2, 0.25) is 0 Å². The summed E-state index contributed by atoms with van der Waals surface area (Å²) in [5.41, 5.74) is 2.28. The summed E-state index contributed by atoms with van der Waals surface area (Å²) in [5, 5.41) is 8.93. The number of nitrogens with zero attached hydrogens (tertiary/aromatic N) is 2. The Labute approximate surface area is 213 Å². The van der Waals surface area contributed by atoms with Crippen molar-refractivity contribution < 1.29 is 18.7 Å². The van der Waals surface area contributed by atoms with Crippen LogP contribution in [-0.4, -0.2) is 17.3 Å². The molecule has 3 aromatic rings. The smallest absolute Gasteiger partial charge is 0.270 e. The Bertz CT molecular complexity index is 1350. The minimum Gasteiger partial charge on any atom is -0.493 e. The highest BCUT2D eigenvalue weighted by Gasteiger charge is 2.34. The third kappa shape index (κ3) is 4.99. The van der Waals surface area contributed by atoms with Crippen LogP contribution in [-0.2, 0) is 11.4 Å². The third-order valence-corrected chi connectivity index (χ3v) is 6.79. The Hall–Kier alpha value is -3.19. The van der Waals surface area contributed by atoms with Crippen molar-refractivity contribution in [3.63, 3.8) is 0 Å². The van der Waals surface area contributed by atoms with E-state index < -0.39 is 11.7 Å². The van der Waals surface area contributed by atoms with Gasteiger partial charge in [-0.15, -0.1) is 0 Å². The van der Waals surface area contributed by atoms with E-state index in [1.165, 1.54) is 24.1 Å². The lowest BCUT2D eigenvalue weighted by molar-refractivity contribution is -0.113. The first kappa shape index (κ1) is 24.0. The van der Waals surface area contributed by atoms with Crippen molar-refractivity contribution in [1.82, 2.24) is 0 Å². The molecule has 1 aliphatic heterocycles. The number of rotatable bonds is 6. The SMILES string of the molecule is COc1cc(/C=C2\SC(=S)N(c3ccccc3F)C2=O)cc(Br)c1OCc1ccc(C#N)cc1. The highest BCUT2D eigenvalue weighted by atomic mass is 79.9. The predicted octanol–water partition coefficient (Wildman–Crippen LogP) is 6.45. The number of para-hydroxylation sites is 1. The Morgan fingerprint density at radius 3 is 2.62 bits per heavy atom. The number of hydrogen-bond donors (Lipinski definition) is 0. The maximum atomic E-state index is 14.2. The van der Waals surface area contributed by atoms with Crippen molar-refractivity contribution in [2.24, 2.45) is 0 Å². The van der Waals surface area contributed by atoms with Gasteiger partial charge in [0, 0.05) is 0 Å². The van der Waals surface area contributed by atoms with Crippen molar-refractivity contribution >= 4 is 61.9 Å². The van der Waals surface area contributed by atoms with E-state index in [1.807, 2.05) is 12.1 Å². The monoisotopic (exact) mass is 554 g/mol. The first-order valence-electron chi connectivity index (χ1n) is 9.93. The van der Waals surface area contributed by atoms with Gasteiger partial charge >= 0.3 is 0 Å². The van der Waals surface area contributed by atoms with Crippen LogP contribution in [0.3, 0.4) is 0 Å². The molecule has 0 spiro atoms. The number of hydrogen-bond acceptors (Lipinski definition) is 6. The Morgan fingerprint density at radius 1 is 1.21 bits per heavy atom. The number of thiocarbonyl (C=S) groups is 1. The molecule has 0 unspecified atom stereocenters. The molecule has 0 N–H and O–H groups in total. The number of halogens is 2. The van der Waals surface area contributed by atoms with Gasteiger partial charge in [-0.3, -0.25) is 9.69 Å².